The number of amides is 3. The lowest BCUT2D eigenvalue weighted by Crippen LogP contribution is -2.34. The van der Waals surface area contributed by atoms with E-state index in [4.69, 9.17) is 40.5 Å². The van der Waals surface area contributed by atoms with Crippen LogP contribution in [0.3, 0.4) is 0 Å². The molecule has 14 heteroatoms. The maximum Gasteiger partial charge on any atom is 0.315 e. The number of benzene rings is 3. The Balaban J connectivity index is 1.72. The van der Waals surface area contributed by atoms with Gasteiger partial charge in [-0.3, -0.25) is 14.4 Å². The minimum atomic E-state index is -3.54. The van der Waals surface area contributed by atoms with E-state index in [-0.39, 0.29) is 16.1 Å². The smallest absolute Gasteiger partial charge is 0.315 e. The van der Waals surface area contributed by atoms with E-state index < -0.39 is 62.8 Å². The molecule has 1 aliphatic carbocycles. The number of anilines is 2. The second-order valence-corrected chi connectivity index (χ2v) is 11.5. The van der Waals surface area contributed by atoms with E-state index in [2.05, 4.69) is 27.9 Å². The van der Waals surface area contributed by atoms with E-state index in [1.807, 2.05) is 6.07 Å². The molecule has 0 bridgehead atoms. The largest absolute Gasteiger partial charge is 0.369 e. The average Bonchev–Trinajstić information content (AvgIpc) is 3.40. The maximum absolute atomic E-state index is 14.8. The number of carbonyl (C=O) groups excluding carboxylic acids is 3. The number of hydrogen-bond acceptors (Lipinski definition) is 3. The van der Waals surface area contributed by atoms with Crippen LogP contribution in [0.4, 0.5) is 28.9 Å². The van der Waals surface area contributed by atoms with Crippen molar-refractivity contribution in [3.8, 4) is 0 Å². The number of hydrogen-bond donors (Lipinski definition) is 3. The van der Waals surface area contributed by atoms with Crippen LogP contribution in [0.25, 0.3) is 0 Å². The van der Waals surface area contributed by atoms with E-state index >= 15 is 0 Å². The van der Waals surface area contributed by atoms with Crippen LogP contribution in [0.2, 0.25) is 5.02 Å². The summed E-state index contributed by atoms with van der Waals surface area (Å²) in [6.45, 7) is 0. The van der Waals surface area contributed by atoms with Crippen LogP contribution in [0.15, 0.2) is 54.6 Å². The van der Waals surface area contributed by atoms with Crippen LogP contribution >= 0.6 is 57.4 Å². The lowest BCUT2D eigenvalue weighted by Gasteiger charge is -2.18. The summed E-state index contributed by atoms with van der Waals surface area (Å²) < 4.78 is 53.2. The van der Waals surface area contributed by atoms with Crippen molar-refractivity contribution in [3.63, 3.8) is 0 Å². The molecule has 0 saturated heterocycles. The molecule has 0 aromatic heterocycles. The van der Waals surface area contributed by atoms with Gasteiger partial charge in [-0.1, -0.05) is 53.0 Å². The standard InChI is InChI=1S/C25H15Cl3F4IN3O3/c26-14-5-4-11(24(23(34)39)19(25(24,27)28)10-2-1-3-12(33)8-10)9-13(14)21(37)35-16-7-6-15(29)18(17(16)30)36-22(38)20(31)32/h1-9,19-20H,(H2,34,39)(H,35,37)(H,36,38). The first-order valence-corrected chi connectivity index (χ1v) is 13.1. The predicted molar refractivity (Wildman–Crippen MR) is 148 cm³/mol. The summed E-state index contributed by atoms with van der Waals surface area (Å²) in [5.74, 6) is -7.47. The molecule has 1 aliphatic rings. The van der Waals surface area contributed by atoms with E-state index in [0.29, 0.717) is 11.6 Å². The predicted octanol–water partition coefficient (Wildman–Crippen LogP) is 6.37. The van der Waals surface area contributed by atoms with Gasteiger partial charge in [0.05, 0.1) is 16.3 Å². The summed E-state index contributed by atoms with van der Waals surface area (Å²) in [6, 6.07) is 12.5. The Kier molecular flexibility index (Phi) is 8.10. The Labute approximate surface area is 247 Å². The van der Waals surface area contributed by atoms with Crippen molar-refractivity contribution in [1.82, 2.24) is 0 Å². The van der Waals surface area contributed by atoms with Gasteiger partial charge in [-0.25, -0.2) is 8.78 Å². The molecule has 2 unspecified atom stereocenters. The van der Waals surface area contributed by atoms with Gasteiger partial charge in [-0.05, 0) is 70.1 Å². The molecule has 0 heterocycles. The number of halogens is 8. The number of nitrogens with one attached hydrogen (secondary N) is 2. The Hall–Kier alpha value is -2.61. The molecule has 3 aromatic rings. The Morgan fingerprint density at radius 1 is 1.00 bits per heavy atom. The zero-order valence-electron chi connectivity index (χ0n) is 19.2. The number of rotatable bonds is 7. The second-order valence-electron chi connectivity index (χ2n) is 8.51. The molecule has 0 aliphatic heterocycles. The lowest BCUT2D eigenvalue weighted by molar-refractivity contribution is -0.126. The van der Waals surface area contributed by atoms with Gasteiger partial charge >= 0.3 is 6.43 Å². The summed E-state index contributed by atoms with van der Waals surface area (Å²) in [5, 5.41) is 3.46. The fourth-order valence-corrected chi connectivity index (χ4v) is 6.30. The first-order valence-electron chi connectivity index (χ1n) is 10.8. The molecule has 3 amide bonds. The van der Waals surface area contributed by atoms with Crippen molar-refractivity contribution in [1.29, 1.82) is 0 Å². The SMILES string of the molecule is NC(=O)C1(c2ccc(Cl)c(C(=O)Nc3ccc(F)c(NC(=O)C(F)F)c3F)c2)C(c2cccc(I)c2)C1(Cl)Cl. The average molecular weight is 715 g/mol. The van der Waals surface area contributed by atoms with Crippen molar-refractivity contribution in [2.24, 2.45) is 5.73 Å². The third kappa shape index (κ3) is 5.05. The van der Waals surface area contributed by atoms with Crippen LogP contribution in [0.1, 0.15) is 27.4 Å². The highest BCUT2D eigenvalue weighted by molar-refractivity contribution is 14.1. The highest BCUT2D eigenvalue weighted by Gasteiger charge is 2.80. The topological polar surface area (TPSA) is 101 Å². The maximum atomic E-state index is 14.8. The van der Waals surface area contributed by atoms with Crippen molar-refractivity contribution in [3.05, 3.63) is 91.5 Å². The molecule has 1 saturated carbocycles. The van der Waals surface area contributed by atoms with E-state index in [9.17, 15) is 31.9 Å². The zero-order valence-corrected chi connectivity index (χ0v) is 23.6. The van der Waals surface area contributed by atoms with Crippen LogP contribution in [-0.2, 0) is 15.0 Å². The normalized spacial score (nSPS) is 19.5. The number of carbonyl (C=O) groups is 3. The van der Waals surface area contributed by atoms with Gasteiger partial charge < -0.3 is 16.4 Å². The number of nitrogens with two attached hydrogens (primary N) is 1. The van der Waals surface area contributed by atoms with Gasteiger partial charge in [0.25, 0.3) is 11.8 Å². The number of alkyl halides is 4. The molecular formula is C25H15Cl3F4IN3O3. The number of primary amides is 1. The van der Waals surface area contributed by atoms with E-state index in [0.717, 1.165) is 9.64 Å². The fraction of sp³-hybridized carbons (Fsp3) is 0.160. The van der Waals surface area contributed by atoms with Gasteiger partial charge in [-0.2, -0.15) is 8.78 Å². The van der Waals surface area contributed by atoms with E-state index in [1.54, 1.807) is 18.2 Å². The monoisotopic (exact) mass is 713 g/mol. The van der Waals surface area contributed by atoms with Crippen molar-refractivity contribution in [2.45, 2.75) is 22.1 Å². The molecule has 6 nitrogen and oxygen atoms in total. The molecular weight excluding hydrogens is 700 g/mol. The van der Waals surface area contributed by atoms with Gasteiger partial charge in [0, 0.05) is 9.49 Å². The molecule has 39 heavy (non-hydrogen) atoms. The molecule has 4 rings (SSSR count). The minimum Gasteiger partial charge on any atom is -0.369 e. The van der Waals surface area contributed by atoms with Crippen LogP contribution < -0.4 is 16.4 Å². The van der Waals surface area contributed by atoms with Crippen molar-refractivity contribution in [2.75, 3.05) is 10.6 Å². The van der Waals surface area contributed by atoms with Gasteiger partial charge in [-0.15, -0.1) is 0 Å². The highest BCUT2D eigenvalue weighted by atomic mass is 127. The Morgan fingerprint density at radius 2 is 1.69 bits per heavy atom. The molecule has 0 radical (unpaired) electrons. The van der Waals surface area contributed by atoms with E-state index in [1.165, 1.54) is 23.5 Å². The van der Waals surface area contributed by atoms with Crippen LogP contribution in [-0.4, -0.2) is 28.5 Å². The summed E-state index contributed by atoms with van der Waals surface area (Å²) >= 11 is 21.5. The highest BCUT2D eigenvalue weighted by Crippen LogP contribution is 2.74. The third-order valence-electron chi connectivity index (χ3n) is 6.26. The molecule has 2 atom stereocenters. The lowest BCUT2D eigenvalue weighted by atomic mass is 9.88. The molecule has 0 spiro atoms. The van der Waals surface area contributed by atoms with Gasteiger partial charge in [0.2, 0.25) is 5.91 Å². The van der Waals surface area contributed by atoms with Gasteiger partial charge in [0.1, 0.15) is 21.3 Å². The van der Waals surface area contributed by atoms with Crippen LogP contribution in [0, 0.1) is 15.2 Å². The molecule has 3 aromatic carbocycles. The quantitative estimate of drug-likeness (QED) is 0.151. The fourth-order valence-electron chi connectivity index (χ4n) is 4.43. The third-order valence-corrected chi connectivity index (χ3v) is 8.29. The Bertz CT molecular complexity index is 1530. The van der Waals surface area contributed by atoms with Crippen molar-refractivity contribution < 1.29 is 31.9 Å². The second kappa shape index (κ2) is 10.8. The Morgan fingerprint density at radius 3 is 2.31 bits per heavy atom. The van der Waals surface area contributed by atoms with Crippen LogP contribution in [0.5, 0.6) is 0 Å². The minimum absolute atomic E-state index is 0.120. The molecule has 204 valence electrons. The summed E-state index contributed by atoms with van der Waals surface area (Å²) in [5.41, 5.74) is 2.82. The zero-order chi connectivity index (χ0) is 28.9. The molecule has 4 N–H and O–H groups in total. The summed E-state index contributed by atoms with van der Waals surface area (Å²) in [4.78, 5) is 37.2. The summed E-state index contributed by atoms with van der Waals surface area (Å²) in [6.07, 6.45) is -3.54. The molecule has 1 fully saturated rings. The van der Waals surface area contributed by atoms with Gasteiger partial charge in [0.15, 0.2) is 5.82 Å². The first kappa shape index (κ1) is 29.4. The van der Waals surface area contributed by atoms with Crippen molar-refractivity contribution >= 4 is 86.5 Å². The first-order chi connectivity index (χ1) is 18.2. The summed E-state index contributed by atoms with van der Waals surface area (Å²) in [7, 11) is 0.